The maximum Gasteiger partial charge on any atom is 0.416 e. The molecule has 2 amide bonds. The fraction of sp³-hybridized carbons (Fsp3) is 0.636. The lowest BCUT2D eigenvalue weighted by molar-refractivity contribution is -0.138. The van der Waals surface area contributed by atoms with Gasteiger partial charge in [-0.3, -0.25) is 4.79 Å². The third-order valence-electron chi connectivity index (χ3n) is 7.42. The molecule has 8 nitrogen and oxygen atoms in total. The Kier molecular flexibility index (Phi) is 6.15. The molecule has 5 rings (SSSR count). The first kappa shape index (κ1) is 23.3. The van der Waals surface area contributed by atoms with Crippen molar-refractivity contribution in [3.8, 4) is 0 Å². The zero-order valence-corrected chi connectivity index (χ0v) is 18.4. The lowest BCUT2D eigenvalue weighted by atomic mass is 9.82. The van der Waals surface area contributed by atoms with Crippen molar-refractivity contribution in [3.63, 3.8) is 0 Å². The number of carbonyl (C=O) groups is 2. The molecule has 0 aromatic heterocycles. The highest BCUT2D eigenvalue weighted by Gasteiger charge is 2.46. The zero-order valence-electron chi connectivity index (χ0n) is 18.4. The largest absolute Gasteiger partial charge is 0.445 e. The van der Waals surface area contributed by atoms with Crippen LogP contribution in [0.5, 0.6) is 0 Å². The van der Waals surface area contributed by atoms with Crippen LogP contribution < -0.4 is 16.4 Å². The van der Waals surface area contributed by atoms with E-state index in [1.807, 2.05) is 4.90 Å². The average molecular weight is 485 g/mol. The second-order valence-electron chi connectivity index (χ2n) is 9.71. The van der Waals surface area contributed by atoms with Crippen molar-refractivity contribution in [1.29, 1.82) is 0 Å². The molecule has 3 aliphatic heterocycles. The fourth-order valence-corrected chi connectivity index (χ4v) is 5.67. The first-order valence-electron chi connectivity index (χ1n) is 11.5. The van der Waals surface area contributed by atoms with Gasteiger partial charge in [0.05, 0.1) is 5.56 Å². The Balaban J connectivity index is 1.11. The Labute approximate surface area is 193 Å². The Morgan fingerprint density at radius 3 is 2.35 bits per heavy atom. The average Bonchev–Trinajstić information content (AvgIpc) is 3.50. The molecular formula is C22H27F4N5O3. The van der Waals surface area contributed by atoms with Gasteiger partial charge in [0, 0.05) is 56.0 Å². The van der Waals surface area contributed by atoms with E-state index >= 15 is 0 Å². The van der Waals surface area contributed by atoms with Crippen LogP contribution in [0.1, 0.15) is 30.4 Å². The van der Waals surface area contributed by atoms with Crippen LogP contribution in [-0.4, -0.2) is 60.1 Å². The molecule has 186 valence electrons. The molecule has 3 unspecified atom stereocenters. The maximum atomic E-state index is 13.5. The zero-order chi connectivity index (χ0) is 24.0. The highest BCUT2D eigenvalue weighted by atomic mass is 19.4. The van der Waals surface area contributed by atoms with Crippen LogP contribution in [0, 0.1) is 23.6 Å². The van der Waals surface area contributed by atoms with Gasteiger partial charge >= 0.3 is 12.3 Å². The van der Waals surface area contributed by atoms with Crippen LogP contribution in [-0.2, 0) is 22.3 Å². The molecule has 34 heavy (non-hydrogen) atoms. The number of benzene rings is 1. The van der Waals surface area contributed by atoms with E-state index in [4.69, 9.17) is 4.74 Å². The second kappa shape index (κ2) is 8.97. The van der Waals surface area contributed by atoms with Crippen molar-refractivity contribution >= 4 is 12.0 Å². The van der Waals surface area contributed by atoms with Gasteiger partial charge in [-0.15, -0.1) is 0 Å². The standard InChI is InChI=1S/C22H27F4N5O3/c23-17-4-12(3-16(6-17)22(24,25)26)11-34-21(33)31-9-14-7-30(8-15(14)10-31)20(32)13-1-2-18-19(5-13)28-29-27-18/h3-4,6,13-15,18-19,27-29H,1-2,5,7-11H2/t13?,14-,15+,18?,19?. The number of nitrogens with zero attached hydrogens (tertiary/aromatic N) is 2. The molecule has 5 atom stereocenters. The summed E-state index contributed by atoms with van der Waals surface area (Å²) in [7, 11) is 0. The Hall–Kier alpha value is -2.44. The molecule has 4 aliphatic rings. The first-order valence-corrected chi connectivity index (χ1v) is 11.5. The monoisotopic (exact) mass is 485 g/mol. The summed E-state index contributed by atoms with van der Waals surface area (Å²) in [6, 6.07) is 2.68. The van der Waals surface area contributed by atoms with Crippen LogP contribution >= 0.6 is 0 Å². The lowest BCUT2D eigenvalue weighted by Crippen LogP contribution is -2.45. The number of rotatable bonds is 3. The van der Waals surface area contributed by atoms with Gasteiger partial charge in [0.2, 0.25) is 5.91 Å². The Bertz CT molecular complexity index is 947. The number of halogens is 4. The molecule has 3 N–H and O–H groups in total. The molecule has 4 fully saturated rings. The Morgan fingerprint density at radius 1 is 0.971 bits per heavy atom. The topological polar surface area (TPSA) is 85.9 Å². The van der Waals surface area contributed by atoms with E-state index in [1.54, 1.807) is 0 Å². The number of likely N-dealkylation sites (tertiary alicyclic amines) is 2. The maximum absolute atomic E-state index is 13.5. The molecule has 0 radical (unpaired) electrons. The highest BCUT2D eigenvalue weighted by molar-refractivity contribution is 5.79. The van der Waals surface area contributed by atoms with Gasteiger partial charge in [-0.05, 0) is 43.0 Å². The van der Waals surface area contributed by atoms with Crippen molar-refractivity contribution in [2.45, 2.75) is 44.1 Å². The van der Waals surface area contributed by atoms with E-state index in [2.05, 4.69) is 16.4 Å². The number of fused-ring (bicyclic) bond motifs is 2. The third-order valence-corrected chi connectivity index (χ3v) is 7.42. The predicted octanol–water partition coefficient (Wildman–Crippen LogP) is 2.02. The molecule has 3 saturated heterocycles. The number of nitrogens with one attached hydrogen (secondary N) is 3. The van der Waals surface area contributed by atoms with E-state index in [-0.39, 0.29) is 35.3 Å². The second-order valence-corrected chi connectivity index (χ2v) is 9.71. The minimum Gasteiger partial charge on any atom is -0.445 e. The summed E-state index contributed by atoms with van der Waals surface area (Å²) in [4.78, 5) is 29.0. The molecule has 0 spiro atoms. The summed E-state index contributed by atoms with van der Waals surface area (Å²) in [6.07, 6.45) is -2.77. The van der Waals surface area contributed by atoms with Crippen LogP contribution in [0.4, 0.5) is 22.4 Å². The summed E-state index contributed by atoms with van der Waals surface area (Å²) >= 11 is 0. The van der Waals surface area contributed by atoms with Gasteiger partial charge in [-0.1, -0.05) is 0 Å². The summed E-state index contributed by atoms with van der Waals surface area (Å²) < 4.78 is 57.3. The summed E-state index contributed by atoms with van der Waals surface area (Å²) in [5.41, 5.74) is 8.08. The molecule has 3 heterocycles. The number of hydrogen-bond acceptors (Lipinski definition) is 6. The van der Waals surface area contributed by atoms with Gasteiger partial charge in [-0.2, -0.15) is 18.7 Å². The van der Waals surface area contributed by atoms with E-state index in [9.17, 15) is 27.2 Å². The smallest absolute Gasteiger partial charge is 0.416 e. The number of hydrazine groups is 2. The molecule has 1 aromatic rings. The molecule has 0 bridgehead atoms. The van der Waals surface area contributed by atoms with Crippen molar-refractivity contribution < 1.29 is 31.9 Å². The van der Waals surface area contributed by atoms with Crippen LogP contribution in [0.25, 0.3) is 0 Å². The molecule has 1 aliphatic carbocycles. The van der Waals surface area contributed by atoms with E-state index in [1.165, 1.54) is 4.90 Å². The summed E-state index contributed by atoms with van der Waals surface area (Å²) in [5.74, 6) is -0.588. The van der Waals surface area contributed by atoms with E-state index < -0.39 is 30.3 Å². The minimum atomic E-state index is -4.68. The highest BCUT2D eigenvalue weighted by Crippen LogP contribution is 2.35. The number of carbonyl (C=O) groups excluding carboxylic acids is 2. The van der Waals surface area contributed by atoms with Crippen molar-refractivity contribution in [3.05, 3.63) is 35.1 Å². The van der Waals surface area contributed by atoms with Gasteiger partial charge in [-0.25, -0.2) is 20.0 Å². The number of ether oxygens (including phenoxy) is 1. The van der Waals surface area contributed by atoms with Gasteiger partial charge in [0.15, 0.2) is 0 Å². The van der Waals surface area contributed by atoms with Gasteiger partial charge < -0.3 is 14.5 Å². The molecule has 12 heteroatoms. The number of alkyl halides is 3. The van der Waals surface area contributed by atoms with Crippen LogP contribution in [0.3, 0.4) is 0 Å². The number of hydrogen-bond donors (Lipinski definition) is 3. The van der Waals surface area contributed by atoms with Crippen molar-refractivity contribution in [2.75, 3.05) is 26.2 Å². The Morgan fingerprint density at radius 2 is 1.65 bits per heavy atom. The molecular weight excluding hydrogens is 458 g/mol. The molecule has 1 saturated carbocycles. The number of amides is 2. The van der Waals surface area contributed by atoms with E-state index in [0.29, 0.717) is 38.3 Å². The summed E-state index contributed by atoms with van der Waals surface area (Å²) in [5, 5.41) is 0. The summed E-state index contributed by atoms with van der Waals surface area (Å²) in [6.45, 7) is 1.57. The van der Waals surface area contributed by atoms with Crippen LogP contribution in [0.2, 0.25) is 0 Å². The fourth-order valence-electron chi connectivity index (χ4n) is 5.67. The third kappa shape index (κ3) is 4.71. The van der Waals surface area contributed by atoms with E-state index in [0.717, 1.165) is 31.4 Å². The normalized spacial score (nSPS) is 30.9. The SMILES string of the molecule is O=C(OCc1cc(F)cc(C(F)(F)F)c1)N1C[C@@H]2CN(C(=O)C3CCC4NNNC4C3)C[C@@H]2C1. The van der Waals surface area contributed by atoms with Crippen LogP contribution in [0.15, 0.2) is 18.2 Å². The lowest BCUT2D eigenvalue weighted by Gasteiger charge is -2.32. The first-order chi connectivity index (χ1) is 16.2. The quantitative estimate of drug-likeness (QED) is 0.569. The minimum absolute atomic E-state index is 0.0109. The van der Waals surface area contributed by atoms with Gasteiger partial charge in [0.1, 0.15) is 12.4 Å². The predicted molar refractivity (Wildman–Crippen MR) is 111 cm³/mol. The van der Waals surface area contributed by atoms with Crippen molar-refractivity contribution in [2.24, 2.45) is 17.8 Å². The van der Waals surface area contributed by atoms with Gasteiger partial charge in [0.25, 0.3) is 0 Å². The van der Waals surface area contributed by atoms with Crippen molar-refractivity contribution in [1.82, 2.24) is 26.2 Å². The molecule has 1 aromatic carbocycles.